The first kappa shape index (κ1) is 21.2. The average Bonchev–Trinajstić information content (AvgIpc) is 3.69. The van der Waals surface area contributed by atoms with E-state index >= 15 is 0 Å². The first-order chi connectivity index (χ1) is 17.8. The van der Waals surface area contributed by atoms with E-state index in [1.807, 2.05) is 0 Å². The van der Waals surface area contributed by atoms with E-state index in [0.29, 0.717) is 12.1 Å². The van der Waals surface area contributed by atoms with Gasteiger partial charge < -0.3 is 29.1 Å². The van der Waals surface area contributed by atoms with Crippen LogP contribution in [0.25, 0.3) is 0 Å². The first-order valence-corrected chi connectivity index (χ1v) is 12.7. The maximum Gasteiger partial charge on any atom is 0.208 e. The number of hydrogen-bond donors (Lipinski definition) is 0. The van der Waals surface area contributed by atoms with Gasteiger partial charge in [0.25, 0.3) is 0 Å². The molecule has 0 unspecified atom stereocenters. The van der Waals surface area contributed by atoms with Gasteiger partial charge in [0.1, 0.15) is 13.2 Å². The molecule has 182 valence electrons. The van der Waals surface area contributed by atoms with Crippen LogP contribution in [0.3, 0.4) is 0 Å². The lowest BCUT2D eigenvalue weighted by Crippen LogP contribution is -2.35. The summed E-state index contributed by atoms with van der Waals surface area (Å²) in [6, 6.07) is 30.8. The molecule has 0 aliphatic carbocycles. The normalized spacial score (nSPS) is 22.2. The summed E-state index contributed by atoms with van der Waals surface area (Å²) >= 11 is 0. The van der Waals surface area contributed by atoms with Crippen molar-refractivity contribution in [3.63, 3.8) is 0 Å². The van der Waals surface area contributed by atoms with Crippen molar-refractivity contribution in [1.29, 1.82) is 0 Å². The molecule has 3 aromatic rings. The summed E-state index contributed by atoms with van der Waals surface area (Å²) in [6.07, 6.45) is 6.27. The van der Waals surface area contributed by atoms with Gasteiger partial charge in [0.15, 0.2) is 0 Å². The second-order valence-electron chi connectivity index (χ2n) is 9.93. The fourth-order valence-corrected chi connectivity index (χ4v) is 5.61. The Morgan fingerprint density at radius 1 is 0.583 bits per heavy atom. The number of benzene rings is 3. The second kappa shape index (κ2) is 8.86. The van der Waals surface area contributed by atoms with Crippen molar-refractivity contribution in [2.24, 2.45) is 0 Å². The van der Waals surface area contributed by atoms with Crippen molar-refractivity contribution in [3.8, 4) is 0 Å². The molecule has 0 radical (unpaired) electrons. The lowest BCUT2D eigenvalue weighted by molar-refractivity contribution is 0.245. The largest absolute Gasteiger partial charge is 0.476 e. The number of nitrogens with zero attached hydrogens (tertiary/aromatic N) is 4. The van der Waals surface area contributed by atoms with Crippen molar-refractivity contribution < 1.29 is 9.47 Å². The van der Waals surface area contributed by atoms with Crippen LogP contribution in [0.4, 0.5) is 11.4 Å². The van der Waals surface area contributed by atoms with Gasteiger partial charge in [0.05, 0.1) is 37.8 Å². The summed E-state index contributed by atoms with van der Waals surface area (Å²) in [4.78, 5) is 9.34. The van der Waals surface area contributed by atoms with Gasteiger partial charge in [-0.1, -0.05) is 66.7 Å². The highest BCUT2D eigenvalue weighted by Gasteiger charge is 2.37. The van der Waals surface area contributed by atoms with Crippen molar-refractivity contribution in [2.75, 3.05) is 36.4 Å². The molecule has 0 bridgehead atoms. The van der Waals surface area contributed by atoms with Gasteiger partial charge in [-0.15, -0.1) is 0 Å². The molecule has 0 aromatic heterocycles. The summed E-state index contributed by atoms with van der Waals surface area (Å²) in [5.74, 6) is 1.95. The number of rotatable bonds is 6. The molecule has 7 rings (SSSR count). The molecular weight excluding hydrogens is 448 g/mol. The highest BCUT2D eigenvalue weighted by atomic mass is 16.5. The Morgan fingerprint density at radius 2 is 1.06 bits per heavy atom. The fourth-order valence-electron chi connectivity index (χ4n) is 5.61. The Balaban J connectivity index is 1.03. The third-order valence-corrected chi connectivity index (χ3v) is 7.56. The number of ether oxygens (including phenoxy) is 2. The molecule has 2 atom stereocenters. The summed E-state index contributed by atoms with van der Waals surface area (Å²) in [6.45, 7) is 3.11. The van der Waals surface area contributed by atoms with Crippen LogP contribution in [0.1, 0.15) is 11.1 Å². The lowest BCUT2D eigenvalue weighted by atomic mass is 10.1. The molecule has 4 heterocycles. The lowest BCUT2D eigenvalue weighted by Gasteiger charge is -2.26. The number of hydrogen-bond acceptors (Lipinski definition) is 6. The van der Waals surface area contributed by atoms with E-state index in [9.17, 15) is 0 Å². The number of fused-ring (bicyclic) bond motifs is 2. The SMILES string of the molecule is C1=C2OC[C@H](Cc3ccccc3)N2CN1c1cccc(N2C=C3OC[C@H](Cc4ccccc4)N3C2)c1. The van der Waals surface area contributed by atoms with E-state index < -0.39 is 0 Å². The monoisotopic (exact) mass is 478 g/mol. The van der Waals surface area contributed by atoms with Crippen LogP contribution in [0.15, 0.2) is 109 Å². The molecule has 6 nitrogen and oxygen atoms in total. The van der Waals surface area contributed by atoms with E-state index in [4.69, 9.17) is 9.47 Å². The smallest absolute Gasteiger partial charge is 0.208 e. The van der Waals surface area contributed by atoms with E-state index in [1.54, 1.807) is 0 Å². The van der Waals surface area contributed by atoms with Crippen molar-refractivity contribution in [2.45, 2.75) is 24.9 Å². The Morgan fingerprint density at radius 3 is 1.53 bits per heavy atom. The third kappa shape index (κ3) is 3.92. The van der Waals surface area contributed by atoms with Gasteiger partial charge in [-0.3, -0.25) is 0 Å². The maximum absolute atomic E-state index is 6.06. The molecule has 0 saturated carbocycles. The number of anilines is 2. The standard InChI is InChI=1S/C30H30N4O2/c1-3-8-23(9-4-1)14-27-19-35-29-17-31(21-33(27)29)25-12-7-13-26(16-25)32-18-30-34(22-32)28(20-36-30)15-24-10-5-2-6-11-24/h1-13,16-18,27-28H,14-15,19-22H2/t27-,28-/m0/s1. The Labute approximate surface area is 212 Å². The van der Waals surface area contributed by atoms with Crippen LogP contribution in [-0.4, -0.2) is 48.4 Å². The highest BCUT2D eigenvalue weighted by molar-refractivity contribution is 5.63. The minimum Gasteiger partial charge on any atom is -0.476 e. The van der Waals surface area contributed by atoms with Crippen LogP contribution < -0.4 is 9.80 Å². The topological polar surface area (TPSA) is 31.4 Å². The predicted molar refractivity (Wildman–Crippen MR) is 141 cm³/mol. The second-order valence-corrected chi connectivity index (χ2v) is 9.93. The molecule has 3 aromatic carbocycles. The van der Waals surface area contributed by atoms with Crippen molar-refractivity contribution >= 4 is 11.4 Å². The zero-order valence-electron chi connectivity index (χ0n) is 20.2. The van der Waals surface area contributed by atoms with Gasteiger partial charge in [0.2, 0.25) is 11.8 Å². The van der Waals surface area contributed by atoms with Gasteiger partial charge >= 0.3 is 0 Å². The van der Waals surface area contributed by atoms with Crippen molar-refractivity contribution in [3.05, 3.63) is 120 Å². The van der Waals surface area contributed by atoms with Crippen LogP contribution in [-0.2, 0) is 22.3 Å². The highest BCUT2D eigenvalue weighted by Crippen LogP contribution is 2.35. The van der Waals surface area contributed by atoms with Crippen LogP contribution in [0.2, 0.25) is 0 Å². The molecule has 36 heavy (non-hydrogen) atoms. The molecule has 6 heteroatoms. The zero-order chi connectivity index (χ0) is 23.9. The van der Waals surface area contributed by atoms with Gasteiger partial charge in [-0.05, 0) is 42.2 Å². The van der Waals surface area contributed by atoms with Crippen molar-refractivity contribution in [1.82, 2.24) is 9.80 Å². The third-order valence-electron chi connectivity index (χ3n) is 7.56. The Bertz CT molecular complexity index is 1200. The summed E-state index contributed by atoms with van der Waals surface area (Å²) < 4.78 is 12.1. The molecule has 4 aliphatic rings. The quantitative estimate of drug-likeness (QED) is 0.509. The maximum atomic E-state index is 6.06. The summed E-state index contributed by atoms with van der Waals surface area (Å²) in [5.41, 5.74) is 5.04. The van der Waals surface area contributed by atoms with Crippen LogP contribution in [0, 0.1) is 0 Å². The summed E-state index contributed by atoms with van der Waals surface area (Å²) in [5, 5.41) is 0. The molecule has 2 fully saturated rings. The Hall–Kier alpha value is -4.06. The van der Waals surface area contributed by atoms with E-state index in [-0.39, 0.29) is 0 Å². The zero-order valence-corrected chi connectivity index (χ0v) is 20.2. The minimum absolute atomic E-state index is 0.362. The molecule has 0 N–H and O–H groups in total. The van der Waals surface area contributed by atoms with Gasteiger partial charge in [-0.25, -0.2) is 0 Å². The predicted octanol–water partition coefficient (Wildman–Crippen LogP) is 4.73. The molecule has 2 saturated heterocycles. The first-order valence-electron chi connectivity index (χ1n) is 12.7. The molecule has 0 spiro atoms. The van der Waals surface area contributed by atoms with Crippen LogP contribution >= 0.6 is 0 Å². The van der Waals surface area contributed by atoms with Gasteiger partial charge in [-0.2, -0.15) is 0 Å². The van der Waals surface area contributed by atoms with E-state index in [2.05, 4.69) is 117 Å². The fraction of sp³-hybridized carbons (Fsp3) is 0.267. The average molecular weight is 479 g/mol. The van der Waals surface area contributed by atoms with Crippen LogP contribution in [0.5, 0.6) is 0 Å². The Kier molecular flexibility index (Phi) is 5.23. The molecule has 0 amide bonds. The van der Waals surface area contributed by atoms with Gasteiger partial charge in [0, 0.05) is 11.4 Å². The summed E-state index contributed by atoms with van der Waals surface area (Å²) in [7, 11) is 0. The van der Waals surface area contributed by atoms with E-state index in [1.165, 1.54) is 22.5 Å². The molecular formula is C30H30N4O2. The van der Waals surface area contributed by atoms with E-state index in [0.717, 1.165) is 51.2 Å². The minimum atomic E-state index is 0.362. The molecule has 4 aliphatic heterocycles.